The van der Waals surface area contributed by atoms with Crippen molar-refractivity contribution in [1.82, 2.24) is 4.90 Å². The molecule has 0 bridgehead atoms. The first-order valence-corrected chi connectivity index (χ1v) is 4.52. The SMILES string of the molecule is CC(C(=O)O)C1CCN(C)CC1.Cl. The van der Waals surface area contributed by atoms with Crippen molar-refractivity contribution in [3.8, 4) is 0 Å². The Bertz CT molecular complexity index is 167. The summed E-state index contributed by atoms with van der Waals surface area (Å²) in [5.74, 6) is -0.429. The van der Waals surface area contributed by atoms with Gasteiger partial charge < -0.3 is 10.0 Å². The lowest BCUT2D eigenvalue weighted by Crippen LogP contribution is -2.34. The first-order valence-electron chi connectivity index (χ1n) is 4.52. The summed E-state index contributed by atoms with van der Waals surface area (Å²) in [4.78, 5) is 12.9. The Labute approximate surface area is 85.5 Å². The summed E-state index contributed by atoms with van der Waals surface area (Å²) >= 11 is 0. The van der Waals surface area contributed by atoms with Crippen LogP contribution >= 0.6 is 12.4 Å². The number of likely N-dealkylation sites (tertiary alicyclic amines) is 1. The third kappa shape index (κ3) is 3.53. The van der Waals surface area contributed by atoms with E-state index in [4.69, 9.17) is 5.11 Å². The molecule has 0 aromatic carbocycles. The molecular formula is C9H18ClNO2. The zero-order valence-corrected chi connectivity index (χ0v) is 9.01. The predicted octanol–water partition coefficient (Wildman–Crippen LogP) is 1.47. The van der Waals surface area contributed by atoms with Crippen molar-refractivity contribution in [2.45, 2.75) is 19.8 Å². The van der Waals surface area contributed by atoms with Crippen LogP contribution in [0.25, 0.3) is 0 Å². The van der Waals surface area contributed by atoms with Crippen LogP contribution in [-0.4, -0.2) is 36.1 Å². The Morgan fingerprint density at radius 3 is 2.31 bits per heavy atom. The number of rotatable bonds is 2. The van der Waals surface area contributed by atoms with Crippen molar-refractivity contribution in [3.63, 3.8) is 0 Å². The first kappa shape index (κ1) is 12.7. The van der Waals surface area contributed by atoms with Crippen molar-refractivity contribution in [1.29, 1.82) is 0 Å². The van der Waals surface area contributed by atoms with Crippen LogP contribution in [0, 0.1) is 11.8 Å². The van der Waals surface area contributed by atoms with Gasteiger partial charge in [-0.05, 0) is 38.9 Å². The summed E-state index contributed by atoms with van der Waals surface area (Å²) in [5, 5.41) is 8.79. The molecule has 1 atom stereocenters. The van der Waals surface area contributed by atoms with Crippen molar-refractivity contribution in [2.75, 3.05) is 20.1 Å². The molecule has 1 fully saturated rings. The van der Waals surface area contributed by atoms with E-state index in [0.29, 0.717) is 5.92 Å². The topological polar surface area (TPSA) is 40.5 Å². The fourth-order valence-electron chi connectivity index (χ4n) is 1.73. The maximum Gasteiger partial charge on any atom is 0.306 e. The van der Waals surface area contributed by atoms with Crippen LogP contribution in [0.3, 0.4) is 0 Å². The van der Waals surface area contributed by atoms with Gasteiger partial charge >= 0.3 is 5.97 Å². The van der Waals surface area contributed by atoms with Crippen LogP contribution in [0.4, 0.5) is 0 Å². The number of nitrogens with zero attached hydrogens (tertiary/aromatic N) is 1. The molecule has 1 rings (SSSR count). The molecule has 1 aliphatic heterocycles. The van der Waals surface area contributed by atoms with E-state index in [2.05, 4.69) is 11.9 Å². The van der Waals surface area contributed by atoms with Gasteiger partial charge in [0.25, 0.3) is 0 Å². The molecule has 1 unspecified atom stereocenters. The van der Waals surface area contributed by atoms with Gasteiger partial charge in [0.15, 0.2) is 0 Å². The highest BCUT2D eigenvalue weighted by molar-refractivity contribution is 5.85. The lowest BCUT2D eigenvalue weighted by atomic mass is 9.86. The zero-order valence-electron chi connectivity index (χ0n) is 8.19. The Balaban J connectivity index is 0.00000144. The van der Waals surface area contributed by atoms with Crippen molar-refractivity contribution < 1.29 is 9.90 Å². The number of piperidine rings is 1. The van der Waals surface area contributed by atoms with E-state index >= 15 is 0 Å². The molecule has 3 nitrogen and oxygen atoms in total. The van der Waals surface area contributed by atoms with E-state index in [1.54, 1.807) is 0 Å². The van der Waals surface area contributed by atoms with E-state index < -0.39 is 5.97 Å². The van der Waals surface area contributed by atoms with E-state index in [1.165, 1.54) is 0 Å². The summed E-state index contributed by atoms with van der Waals surface area (Å²) in [6, 6.07) is 0. The maximum absolute atomic E-state index is 10.7. The van der Waals surface area contributed by atoms with Crippen molar-refractivity contribution in [2.24, 2.45) is 11.8 Å². The van der Waals surface area contributed by atoms with Gasteiger partial charge in [-0.25, -0.2) is 0 Å². The van der Waals surface area contributed by atoms with Gasteiger partial charge in [0.1, 0.15) is 0 Å². The second kappa shape index (κ2) is 5.45. The molecular weight excluding hydrogens is 190 g/mol. The van der Waals surface area contributed by atoms with Gasteiger partial charge in [-0.3, -0.25) is 4.79 Å². The monoisotopic (exact) mass is 207 g/mol. The van der Waals surface area contributed by atoms with Crippen LogP contribution in [0.2, 0.25) is 0 Å². The minimum Gasteiger partial charge on any atom is -0.481 e. The van der Waals surface area contributed by atoms with E-state index in [9.17, 15) is 4.79 Å². The number of carboxylic acid groups (broad SMARTS) is 1. The normalized spacial score (nSPS) is 22.0. The minimum atomic E-state index is -0.649. The second-order valence-corrected chi connectivity index (χ2v) is 3.77. The summed E-state index contributed by atoms with van der Waals surface area (Å²) in [7, 11) is 2.08. The smallest absolute Gasteiger partial charge is 0.306 e. The van der Waals surface area contributed by atoms with Gasteiger partial charge in [-0.2, -0.15) is 0 Å². The summed E-state index contributed by atoms with van der Waals surface area (Å²) in [6.07, 6.45) is 2.06. The van der Waals surface area contributed by atoms with Gasteiger partial charge in [0, 0.05) is 0 Å². The van der Waals surface area contributed by atoms with Crippen molar-refractivity contribution in [3.05, 3.63) is 0 Å². The minimum absolute atomic E-state index is 0. The molecule has 78 valence electrons. The van der Waals surface area contributed by atoms with Gasteiger partial charge in [-0.15, -0.1) is 12.4 Å². The lowest BCUT2D eigenvalue weighted by Gasteiger charge is -2.30. The Morgan fingerprint density at radius 1 is 1.46 bits per heavy atom. The van der Waals surface area contributed by atoms with Crippen LogP contribution in [0.5, 0.6) is 0 Å². The highest BCUT2D eigenvalue weighted by Crippen LogP contribution is 2.24. The molecule has 1 heterocycles. The number of aliphatic carboxylic acids is 1. The first-order chi connectivity index (χ1) is 5.61. The number of hydrogen-bond donors (Lipinski definition) is 1. The number of halogens is 1. The van der Waals surface area contributed by atoms with Crippen LogP contribution < -0.4 is 0 Å². The summed E-state index contributed by atoms with van der Waals surface area (Å²) in [6.45, 7) is 3.91. The maximum atomic E-state index is 10.7. The molecule has 1 aliphatic rings. The van der Waals surface area contributed by atoms with E-state index in [0.717, 1.165) is 25.9 Å². The van der Waals surface area contributed by atoms with Gasteiger partial charge in [0.2, 0.25) is 0 Å². The Hall–Kier alpha value is -0.280. The van der Waals surface area contributed by atoms with Gasteiger partial charge in [0.05, 0.1) is 5.92 Å². The molecule has 0 aromatic heterocycles. The molecule has 0 saturated carbocycles. The van der Waals surface area contributed by atoms with Crippen LogP contribution in [-0.2, 0) is 4.79 Å². The number of hydrogen-bond acceptors (Lipinski definition) is 2. The van der Waals surface area contributed by atoms with Crippen LogP contribution in [0.1, 0.15) is 19.8 Å². The molecule has 0 radical (unpaired) electrons. The number of carbonyl (C=O) groups is 1. The summed E-state index contributed by atoms with van der Waals surface area (Å²) in [5.41, 5.74) is 0. The lowest BCUT2D eigenvalue weighted by molar-refractivity contribution is -0.143. The highest BCUT2D eigenvalue weighted by Gasteiger charge is 2.26. The molecule has 0 amide bonds. The third-order valence-electron chi connectivity index (χ3n) is 2.86. The van der Waals surface area contributed by atoms with Gasteiger partial charge in [-0.1, -0.05) is 6.92 Å². The summed E-state index contributed by atoms with van der Waals surface area (Å²) < 4.78 is 0. The molecule has 4 heteroatoms. The fourth-order valence-corrected chi connectivity index (χ4v) is 1.73. The number of carboxylic acids is 1. The Morgan fingerprint density at radius 2 is 1.92 bits per heavy atom. The molecule has 13 heavy (non-hydrogen) atoms. The van der Waals surface area contributed by atoms with E-state index in [1.807, 2.05) is 6.92 Å². The predicted molar refractivity (Wildman–Crippen MR) is 54.3 cm³/mol. The molecule has 1 saturated heterocycles. The average Bonchev–Trinajstić information content (AvgIpc) is 2.04. The zero-order chi connectivity index (χ0) is 9.14. The molecule has 0 aliphatic carbocycles. The quantitative estimate of drug-likeness (QED) is 0.746. The highest BCUT2D eigenvalue weighted by atomic mass is 35.5. The standard InChI is InChI=1S/C9H17NO2.ClH/c1-7(9(11)12)8-3-5-10(2)6-4-8;/h7-8H,3-6H2,1-2H3,(H,11,12);1H. The largest absolute Gasteiger partial charge is 0.481 e. The average molecular weight is 208 g/mol. The molecule has 1 N–H and O–H groups in total. The van der Waals surface area contributed by atoms with Crippen LogP contribution in [0.15, 0.2) is 0 Å². The fraction of sp³-hybridized carbons (Fsp3) is 0.889. The molecule has 0 spiro atoms. The molecule has 0 aromatic rings. The van der Waals surface area contributed by atoms with E-state index in [-0.39, 0.29) is 18.3 Å². The Kier molecular flexibility index (Phi) is 5.33. The third-order valence-corrected chi connectivity index (χ3v) is 2.86. The second-order valence-electron chi connectivity index (χ2n) is 3.77. The van der Waals surface area contributed by atoms with Crippen molar-refractivity contribution >= 4 is 18.4 Å².